The zero-order valence-corrected chi connectivity index (χ0v) is 7.39. The Morgan fingerprint density at radius 1 is 1.75 bits per heavy atom. The Labute approximate surface area is 61.0 Å². The van der Waals surface area contributed by atoms with Crippen molar-refractivity contribution in [3.63, 3.8) is 0 Å². The maximum Gasteiger partial charge on any atom is 0.0467 e. The Balaban J connectivity index is 2.90. The predicted molar refractivity (Wildman–Crippen MR) is 49.7 cm³/mol. The van der Waals surface area contributed by atoms with Crippen LogP contribution in [-0.2, 0) is 0 Å². The van der Waals surface area contributed by atoms with Crippen molar-refractivity contribution < 1.29 is 0 Å². The first-order valence-electron chi connectivity index (χ1n) is 2.73. The fourth-order valence-corrected chi connectivity index (χ4v) is 1.98. The van der Waals surface area contributed by atoms with E-state index in [9.17, 15) is 0 Å². The highest BCUT2D eigenvalue weighted by molar-refractivity contribution is 14.2. The van der Waals surface area contributed by atoms with Gasteiger partial charge in [-0.05, 0) is 13.1 Å². The number of rotatable bonds is 4. The van der Waals surface area contributed by atoms with Gasteiger partial charge in [-0.3, -0.25) is 0 Å². The topological polar surface area (TPSA) is 12.4 Å². The molecule has 8 heavy (non-hydrogen) atoms. The molecule has 1 nitrogen and oxygen atoms in total. The molecule has 0 spiro atoms. The molecule has 2 heteroatoms. The number of aliphatic imine (C=N–C) groups is 1. The molecule has 0 unspecified atom stereocenters. The fraction of sp³-hybridized carbons (Fsp3) is 0.667. The van der Waals surface area contributed by atoms with Crippen LogP contribution in [0.25, 0.3) is 0 Å². The maximum atomic E-state index is 3.76. The molecular formula is C6H12IN. The first kappa shape index (κ1) is 8.27. The molecule has 0 aromatic rings. The largest absolute Gasteiger partial charge is 0.300 e. The summed E-state index contributed by atoms with van der Waals surface area (Å²) in [5.41, 5.74) is 0. The smallest absolute Gasteiger partial charge is 0.0467 e. The minimum Gasteiger partial charge on any atom is -0.300 e. The molecule has 0 amide bonds. The number of hydrogen-bond acceptors (Lipinski definition) is 1. The van der Waals surface area contributed by atoms with E-state index in [1.165, 1.54) is 10.8 Å². The highest BCUT2D eigenvalue weighted by Crippen LogP contribution is 1.93. The molecule has 48 valence electrons. The molecule has 0 saturated carbocycles. The van der Waals surface area contributed by atoms with Crippen LogP contribution in [0.5, 0.6) is 0 Å². The Bertz CT molecular complexity index is 78.6. The number of alkyl halides is 1. The van der Waals surface area contributed by atoms with Gasteiger partial charge in [-0.2, -0.15) is 0 Å². The molecule has 0 aromatic heterocycles. The molecule has 0 bridgehead atoms. The minimum absolute atomic E-state index is 0.360. The van der Waals surface area contributed by atoms with E-state index in [0.29, 0.717) is 20.7 Å². The van der Waals surface area contributed by atoms with Crippen LogP contribution in [0.3, 0.4) is 0 Å². The molecule has 0 atom stereocenters. The molecule has 0 fully saturated rings. The molecule has 0 aliphatic heterocycles. The molecule has 0 aliphatic carbocycles. The summed E-state index contributed by atoms with van der Waals surface area (Å²) in [4.78, 5) is 3.76. The van der Waals surface area contributed by atoms with Crippen molar-refractivity contribution in [2.24, 2.45) is 4.99 Å². The summed E-state index contributed by atoms with van der Waals surface area (Å²) in [6.45, 7) is 6.56. The summed E-state index contributed by atoms with van der Waals surface area (Å²) in [6, 6.07) is 0. The van der Waals surface area contributed by atoms with E-state index in [-0.39, 0.29) is 0 Å². The van der Waals surface area contributed by atoms with E-state index in [1.54, 1.807) is 0 Å². The average Bonchev–Trinajstić information content (AvgIpc) is 1.81. The van der Waals surface area contributed by atoms with Crippen molar-refractivity contribution in [2.75, 3.05) is 11.0 Å². The van der Waals surface area contributed by atoms with Crippen LogP contribution in [0.15, 0.2) is 4.99 Å². The van der Waals surface area contributed by atoms with Gasteiger partial charge in [0.2, 0.25) is 0 Å². The summed E-state index contributed by atoms with van der Waals surface area (Å²) in [6.07, 6.45) is 1.23. The molecule has 0 aromatic carbocycles. The van der Waals surface area contributed by atoms with Gasteiger partial charge in [0.05, 0.1) is 0 Å². The van der Waals surface area contributed by atoms with E-state index < -0.39 is 0 Å². The maximum absolute atomic E-state index is 3.76. The monoisotopic (exact) mass is 225 g/mol. The van der Waals surface area contributed by atoms with Gasteiger partial charge in [0.15, 0.2) is 0 Å². The van der Waals surface area contributed by atoms with Crippen molar-refractivity contribution >= 4 is 31.5 Å². The standard InChI is InChI=1S/C6H12IN/c1-3-4-7-5-6-8-2/h4H,2-3,5-6H2,1H3. The average molecular weight is 225 g/mol. The Kier molecular flexibility index (Phi) is 7.52. The SMILES string of the molecule is C=NCCI=CCC. The third kappa shape index (κ3) is 6.27. The van der Waals surface area contributed by atoms with Crippen molar-refractivity contribution in [1.29, 1.82) is 0 Å². The molecule has 0 radical (unpaired) electrons. The van der Waals surface area contributed by atoms with Crippen LogP contribution in [-0.4, -0.2) is 21.7 Å². The van der Waals surface area contributed by atoms with Crippen molar-refractivity contribution in [3.8, 4) is 0 Å². The third-order valence-electron chi connectivity index (χ3n) is 0.615. The second kappa shape index (κ2) is 7.27. The first-order valence-corrected chi connectivity index (χ1v) is 5.50. The van der Waals surface area contributed by atoms with Crippen molar-refractivity contribution in [2.45, 2.75) is 13.3 Å². The van der Waals surface area contributed by atoms with Gasteiger partial charge < -0.3 is 4.99 Å². The highest BCUT2D eigenvalue weighted by atomic mass is 127. The zero-order chi connectivity index (χ0) is 6.24. The molecule has 0 saturated heterocycles. The van der Waals surface area contributed by atoms with E-state index in [0.717, 1.165) is 6.54 Å². The van der Waals surface area contributed by atoms with E-state index >= 15 is 0 Å². The summed E-state index contributed by atoms with van der Waals surface area (Å²) >= 11 is 0.360. The normalized spacial score (nSPS) is 11.1. The molecular weight excluding hydrogens is 213 g/mol. The Hall–Kier alpha value is 0.270. The molecule has 0 heterocycles. The van der Waals surface area contributed by atoms with Crippen LogP contribution < -0.4 is 0 Å². The van der Waals surface area contributed by atoms with E-state index in [2.05, 4.69) is 22.6 Å². The molecule has 0 N–H and O–H groups in total. The second-order valence-corrected chi connectivity index (χ2v) is 4.19. The minimum atomic E-state index is 0.360. The summed E-state index contributed by atoms with van der Waals surface area (Å²) in [5.74, 6) is 0. The summed E-state index contributed by atoms with van der Waals surface area (Å²) < 4.78 is 3.65. The zero-order valence-electron chi connectivity index (χ0n) is 5.23. The third-order valence-corrected chi connectivity index (χ3v) is 3.22. The van der Waals surface area contributed by atoms with E-state index in [4.69, 9.17) is 0 Å². The lowest BCUT2D eigenvalue weighted by Gasteiger charge is -1.81. The van der Waals surface area contributed by atoms with E-state index in [1.807, 2.05) is 0 Å². The molecule has 0 rings (SSSR count). The van der Waals surface area contributed by atoms with Gasteiger partial charge in [0.1, 0.15) is 0 Å². The van der Waals surface area contributed by atoms with Gasteiger partial charge in [-0.25, -0.2) is 0 Å². The van der Waals surface area contributed by atoms with Crippen LogP contribution in [0.1, 0.15) is 13.3 Å². The van der Waals surface area contributed by atoms with Gasteiger partial charge in [0, 0.05) is 11.0 Å². The summed E-state index contributed by atoms with van der Waals surface area (Å²) in [7, 11) is 0. The van der Waals surface area contributed by atoms with Crippen LogP contribution in [0, 0.1) is 0 Å². The number of nitrogens with zero attached hydrogens (tertiary/aromatic N) is 1. The lowest BCUT2D eigenvalue weighted by atomic mass is 10.6. The van der Waals surface area contributed by atoms with Crippen molar-refractivity contribution in [3.05, 3.63) is 0 Å². The first-order chi connectivity index (χ1) is 3.91. The Morgan fingerprint density at radius 3 is 3.00 bits per heavy atom. The lowest BCUT2D eigenvalue weighted by molar-refractivity contribution is 1.18. The van der Waals surface area contributed by atoms with Crippen molar-refractivity contribution in [1.82, 2.24) is 0 Å². The predicted octanol–water partition coefficient (Wildman–Crippen LogP) is 1.87. The molecule has 0 aliphatic rings. The van der Waals surface area contributed by atoms with Crippen LogP contribution in [0.2, 0.25) is 0 Å². The quantitative estimate of drug-likeness (QED) is 0.300. The van der Waals surface area contributed by atoms with Gasteiger partial charge in [-0.1, -0.05) is 10.9 Å². The fourth-order valence-electron chi connectivity index (χ4n) is 0.295. The van der Waals surface area contributed by atoms with Gasteiger partial charge in [0.25, 0.3) is 0 Å². The second-order valence-electron chi connectivity index (χ2n) is 1.35. The Morgan fingerprint density at radius 2 is 2.50 bits per heavy atom. The summed E-state index contributed by atoms with van der Waals surface area (Å²) in [5, 5.41) is 0. The number of hydrogen-bond donors (Lipinski definition) is 0. The highest BCUT2D eigenvalue weighted by Gasteiger charge is 1.72. The number of halogens is 1. The van der Waals surface area contributed by atoms with Gasteiger partial charge in [-0.15, -0.1) is 20.7 Å². The van der Waals surface area contributed by atoms with Crippen LogP contribution in [0.4, 0.5) is 0 Å². The van der Waals surface area contributed by atoms with Crippen LogP contribution >= 0.6 is 20.7 Å². The van der Waals surface area contributed by atoms with Gasteiger partial charge >= 0.3 is 0 Å². The lowest BCUT2D eigenvalue weighted by Crippen LogP contribution is -1.76.